The second-order valence-corrected chi connectivity index (χ2v) is 3.87. The SMILES string of the molecule is Cc1cc(Oc2cncc(Cl)n2)ccc1[N+](=O)[O-]. The van der Waals surface area contributed by atoms with Crippen molar-refractivity contribution in [1.29, 1.82) is 0 Å². The fraction of sp³-hybridized carbons (Fsp3) is 0.0909. The molecule has 1 aromatic carbocycles. The van der Waals surface area contributed by atoms with Gasteiger partial charge in [0.15, 0.2) is 5.15 Å². The predicted octanol–water partition coefficient (Wildman–Crippen LogP) is 3.14. The summed E-state index contributed by atoms with van der Waals surface area (Å²) in [6, 6.07) is 4.43. The van der Waals surface area contributed by atoms with Gasteiger partial charge in [-0.05, 0) is 19.1 Å². The standard InChI is InChI=1S/C11H8ClN3O3/c1-7-4-8(2-3-9(7)15(16)17)18-11-6-13-5-10(12)14-11/h2-6H,1H3. The van der Waals surface area contributed by atoms with Crippen molar-refractivity contribution in [1.82, 2.24) is 9.97 Å². The van der Waals surface area contributed by atoms with Crippen LogP contribution in [0.5, 0.6) is 11.6 Å². The van der Waals surface area contributed by atoms with Gasteiger partial charge in [-0.1, -0.05) is 11.6 Å². The second-order valence-electron chi connectivity index (χ2n) is 3.49. The molecule has 6 nitrogen and oxygen atoms in total. The lowest BCUT2D eigenvalue weighted by Crippen LogP contribution is -1.93. The number of benzene rings is 1. The highest BCUT2D eigenvalue weighted by Gasteiger charge is 2.11. The third-order valence-corrected chi connectivity index (χ3v) is 2.35. The van der Waals surface area contributed by atoms with Crippen molar-refractivity contribution in [2.45, 2.75) is 6.92 Å². The van der Waals surface area contributed by atoms with Crippen molar-refractivity contribution in [3.63, 3.8) is 0 Å². The first-order chi connectivity index (χ1) is 8.56. The van der Waals surface area contributed by atoms with Crippen LogP contribution in [0.15, 0.2) is 30.6 Å². The van der Waals surface area contributed by atoms with Gasteiger partial charge in [0.1, 0.15) is 5.75 Å². The Morgan fingerprint density at radius 2 is 2.17 bits per heavy atom. The molecular formula is C11H8ClN3O3. The number of rotatable bonds is 3. The van der Waals surface area contributed by atoms with Crippen LogP contribution in [0.1, 0.15) is 5.56 Å². The number of nitro benzene ring substituents is 1. The van der Waals surface area contributed by atoms with E-state index in [1.54, 1.807) is 13.0 Å². The molecule has 1 aromatic heterocycles. The fourth-order valence-corrected chi connectivity index (χ4v) is 1.53. The summed E-state index contributed by atoms with van der Waals surface area (Å²) < 4.78 is 5.39. The van der Waals surface area contributed by atoms with E-state index in [1.165, 1.54) is 24.5 Å². The molecule has 18 heavy (non-hydrogen) atoms. The first-order valence-electron chi connectivity index (χ1n) is 4.96. The molecule has 0 N–H and O–H groups in total. The van der Waals surface area contributed by atoms with Crippen molar-refractivity contribution < 1.29 is 9.66 Å². The third-order valence-electron chi connectivity index (χ3n) is 2.17. The zero-order valence-electron chi connectivity index (χ0n) is 9.33. The quantitative estimate of drug-likeness (QED) is 0.629. The molecule has 0 spiro atoms. The molecule has 2 aromatic rings. The molecule has 0 bridgehead atoms. The van der Waals surface area contributed by atoms with Crippen molar-refractivity contribution in [3.05, 3.63) is 51.4 Å². The largest absolute Gasteiger partial charge is 0.437 e. The number of hydrogen-bond donors (Lipinski definition) is 0. The van der Waals surface area contributed by atoms with Gasteiger partial charge in [0.25, 0.3) is 5.69 Å². The van der Waals surface area contributed by atoms with E-state index in [0.717, 1.165) is 0 Å². The number of halogens is 1. The topological polar surface area (TPSA) is 78.2 Å². The van der Waals surface area contributed by atoms with Crippen LogP contribution in [-0.4, -0.2) is 14.9 Å². The number of nitrogens with zero attached hydrogens (tertiary/aromatic N) is 3. The summed E-state index contributed by atoms with van der Waals surface area (Å²) in [5.41, 5.74) is 0.548. The number of hydrogen-bond acceptors (Lipinski definition) is 5. The molecule has 7 heteroatoms. The lowest BCUT2D eigenvalue weighted by atomic mass is 10.2. The molecule has 0 aliphatic heterocycles. The Bertz CT molecular complexity index is 604. The molecule has 0 fully saturated rings. The van der Waals surface area contributed by atoms with Gasteiger partial charge in [0.05, 0.1) is 17.3 Å². The summed E-state index contributed by atoms with van der Waals surface area (Å²) in [6.07, 6.45) is 2.79. The third kappa shape index (κ3) is 2.72. The van der Waals surface area contributed by atoms with E-state index in [1.807, 2.05) is 0 Å². The van der Waals surface area contributed by atoms with Crippen molar-refractivity contribution >= 4 is 17.3 Å². The maximum Gasteiger partial charge on any atom is 0.272 e. The highest BCUT2D eigenvalue weighted by Crippen LogP contribution is 2.26. The second kappa shape index (κ2) is 4.97. The minimum atomic E-state index is -0.446. The average Bonchev–Trinajstić information content (AvgIpc) is 2.28. The van der Waals surface area contributed by atoms with E-state index >= 15 is 0 Å². The van der Waals surface area contributed by atoms with Crippen LogP contribution in [0.3, 0.4) is 0 Å². The summed E-state index contributed by atoms with van der Waals surface area (Å²) in [7, 11) is 0. The molecular weight excluding hydrogens is 258 g/mol. The molecule has 0 amide bonds. The van der Waals surface area contributed by atoms with E-state index in [9.17, 15) is 10.1 Å². The lowest BCUT2D eigenvalue weighted by Gasteiger charge is -2.05. The minimum absolute atomic E-state index is 0.0412. The summed E-state index contributed by atoms with van der Waals surface area (Å²) in [5, 5.41) is 10.9. The Hall–Kier alpha value is -2.21. The summed E-state index contributed by atoms with van der Waals surface area (Å²) >= 11 is 5.67. The summed E-state index contributed by atoms with van der Waals surface area (Å²) in [6.45, 7) is 1.63. The number of ether oxygens (including phenoxy) is 1. The van der Waals surface area contributed by atoms with Gasteiger partial charge >= 0.3 is 0 Å². The summed E-state index contributed by atoms with van der Waals surface area (Å²) in [5.74, 6) is 0.672. The van der Waals surface area contributed by atoms with Gasteiger partial charge in [0.2, 0.25) is 5.88 Å². The Kier molecular flexibility index (Phi) is 3.38. The molecule has 0 saturated carbocycles. The van der Waals surface area contributed by atoms with Crippen LogP contribution >= 0.6 is 11.6 Å². The minimum Gasteiger partial charge on any atom is -0.437 e. The maximum absolute atomic E-state index is 10.7. The van der Waals surface area contributed by atoms with Gasteiger partial charge in [-0.3, -0.25) is 15.1 Å². The highest BCUT2D eigenvalue weighted by molar-refractivity contribution is 6.29. The fourth-order valence-electron chi connectivity index (χ4n) is 1.39. The molecule has 0 atom stereocenters. The van der Waals surface area contributed by atoms with Crippen LogP contribution in [0, 0.1) is 17.0 Å². The Morgan fingerprint density at radius 3 is 2.78 bits per heavy atom. The Labute approximate surface area is 107 Å². The molecule has 0 saturated heterocycles. The van der Waals surface area contributed by atoms with Crippen LogP contribution in [0.25, 0.3) is 0 Å². The maximum atomic E-state index is 10.7. The number of aryl methyl sites for hydroxylation is 1. The Morgan fingerprint density at radius 1 is 1.39 bits per heavy atom. The first kappa shape index (κ1) is 12.3. The first-order valence-corrected chi connectivity index (χ1v) is 5.34. The monoisotopic (exact) mass is 265 g/mol. The zero-order chi connectivity index (χ0) is 13.1. The van der Waals surface area contributed by atoms with Gasteiger partial charge in [-0.15, -0.1) is 0 Å². The normalized spacial score (nSPS) is 10.1. The predicted molar refractivity (Wildman–Crippen MR) is 64.9 cm³/mol. The zero-order valence-corrected chi connectivity index (χ0v) is 10.1. The van der Waals surface area contributed by atoms with Crippen LogP contribution in [0.2, 0.25) is 5.15 Å². The van der Waals surface area contributed by atoms with Gasteiger partial charge < -0.3 is 4.74 Å². The van der Waals surface area contributed by atoms with E-state index in [2.05, 4.69) is 9.97 Å². The molecule has 2 rings (SSSR count). The molecule has 92 valence electrons. The average molecular weight is 266 g/mol. The van der Waals surface area contributed by atoms with E-state index in [4.69, 9.17) is 16.3 Å². The van der Waals surface area contributed by atoms with Crippen LogP contribution in [-0.2, 0) is 0 Å². The van der Waals surface area contributed by atoms with E-state index in [-0.39, 0.29) is 16.7 Å². The van der Waals surface area contributed by atoms with E-state index < -0.39 is 4.92 Å². The number of nitro groups is 1. The van der Waals surface area contributed by atoms with Crippen LogP contribution in [0.4, 0.5) is 5.69 Å². The molecule has 0 aliphatic rings. The van der Waals surface area contributed by atoms with Crippen molar-refractivity contribution in [3.8, 4) is 11.6 Å². The van der Waals surface area contributed by atoms with Gasteiger partial charge in [-0.2, -0.15) is 4.98 Å². The van der Waals surface area contributed by atoms with Crippen molar-refractivity contribution in [2.24, 2.45) is 0 Å². The summed E-state index contributed by atoms with van der Waals surface area (Å²) in [4.78, 5) is 17.9. The molecule has 1 heterocycles. The van der Waals surface area contributed by atoms with Crippen molar-refractivity contribution in [2.75, 3.05) is 0 Å². The van der Waals surface area contributed by atoms with Gasteiger partial charge in [0, 0.05) is 11.6 Å². The lowest BCUT2D eigenvalue weighted by molar-refractivity contribution is -0.385. The van der Waals surface area contributed by atoms with Gasteiger partial charge in [-0.25, -0.2) is 0 Å². The smallest absolute Gasteiger partial charge is 0.272 e. The number of aromatic nitrogens is 2. The highest BCUT2D eigenvalue weighted by atomic mass is 35.5. The molecule has 0 unspecified atom stereocenters. The molecule has 0 radical (unpaired) electrons. The van der Waals surface area contributed by atoms with E-state index in [0.29, 0.717) is 11.3 Å². The molecule has 0 aliphatic carbocycles. The van der Waals surface area contributed by atoms with Crippen LogP contribution < -0.4 is 4.74 Å². The Balaban J connectivity index is 2.25.